The first-order valence-electron chi connectivity index (χ1n) is 12.2. The smallest absolute Gasteiger partial charge is 0.414 e. The maximum atomic E-state index is 13.7. The Kier molecular flexibility index (Phi) is 7.28. The fraction of sp³-hybridized carbons (Fsp3) is 0.385. The van der Waals surface area contributed by atoms with E-state index in [1.54, 1.807) is 48.5 Å². The fourth-order valence-corrected chi connectivity index (χ4v) is 5.71. The number of carbonyl (C=O) groups excluding carboxylic acids is 4. The number of alkyl halides is 3. The first-order chi connectivity index (χ1) is 18.9. The summed E-state index contributed by atoms with van der Waals surface area (Å²) < 4.78 is 20.7. The van der Waals surface area contributed by atoms with Gasteiger partial charge in [-0.25, -0.2) is 19.3 Å². The summed E-state index contributed by atoms with van der Waals surface area (Å²) in [6, 6.07) is 13.4. The molecule has 0 aliphatic carbocycles. The topological polar surface area (TPSA) is 124 Å². The Morgan fingerprint density at radius 3 is 2.42 bits per heavy atom. The minimum absolute atomic E-state index is 0.0736. The molecule has 0 saturated carbocycles. The van der Waals surface area contributed by atoms with Crippen LogP contribution in [0.25, 0.3) is 0 Å². The van der Waals surface area contributed by atoms with Crippen molar-refractivity contribution in [3.8, 4) is 0 Å². The molecule has 2 fully saturated rings. The summed E-state index contributed by atoms with van der Waals surface area (Å²) in [5.41, 5.74) is -0.224. The zero-order valence-corrected chi connectivity index (χ0v) is 23.5. The van der Waals surface area contributed by atoms with E-state index in [0.29, 0.717) is 11.3 Å². The minimum Gasteiger partial charge on any atom is -0.445 e. The van der Waals surface area contributed by atoms with Crippen LogP contribution in [0.3, 0.4) is 0 Å². The van der Waals surface area contributed by atoms with Gasteiger partial charge in [0.25, 0.3) is 11.8 Å². The van der Waals surface area contributed by atoms with Crippen LogP contribution in [0.1, 0.15) is 24.5 Å². The number of anilines is 1. The maximum Gasteiger partial charge on any atom is 0.414 e. The number of nitrogens with zero attached hydrogens (tertiary/aromatic N) is 2. The molecule has 5 rings (SSSR count). The number of carbonyl (C=O) groups is 4. The van der Waals surface area contributed by atoms with Gasteiger partial charge in [-0.3, -0.25) is 9.69 Å². The van der Waals surface area contributed by atoms with Gasteiger partial charge in [-0.2, -0.15) is 0 Å². The molecule has 3 heterocycles. The first kappa shape index (κ1) is 28.3. The van der Waals surface area contributed by atoms with Crippen molar-refractivity contribution in [2.45, 2.75) is 47.3 Å². The molecule has 2 aromatic carbocycles. The highest BCUT2D eigenvalue weighted by molar-refractivity contribution is 6.67. The molecule has 1 N–H and O–H groups in total. The van der Waals surface area contributed by atoms with Crippen molar-refractivity contribution in [2.75, 3.05) is 18.6 Å². The van der Waals surface area contributed by atoms with Crippen LogP contribution in [0.4, 0.5) is 15.3 Å². The normalized spacial score (nSPS) is 26.9. The van der Waals surface area contributed by atoms with Gasteiger partial charge in [0.1, 0.15) is 25.3 Å². The number of nitrogens with one attached hydrogen (secondary N) is 1. The van der Waals surface area contributed by atoms with Gasteiger partial charge in [0.05, 0.1) is 5.69 Å². The number of rotatable bonds is 5. The van der Waals surface area contributed by atoms with Crippen LogP contribution >= 0.6 is 34.8 Å². The molecular weight excluding hydrogens is 589 g/mol. The lowest BCUT2D eigenvalue weighted by Gasteiger charge is -2.45. The monoisotopic (exact) mass is 611 g/mol. The van der Waals surface area contributed by atoms with Crippen molar-refractivity contribution in [3.63, 3.8) is 0 Å². The molecule has 0 radical (unpaired) electrons. The van der Waals surface area contributed by atoms with Crippen LogP contribution in [0, 0.1) is 0 Å². The second-order valence-corrected chi connectivity index (χ2v) is 11.9. The number of ether oxygens (including phenoxy) is 4. The molecule has 1 spiro atoms. The Morgan fingerprint density at radius 1 is 1.07 bits per heavy atom. The van der Waals surface area contributed by atoms with Gasteiger partial charge in [0.2, 0.25) is 9.39 Å². The number of esters is 1. The molecule has 3 aliphatic rings. The highest BCUT2D eigenvalue weighted by Gasteiger charge is 2.79. The molecule has 14 heteroatoms. The molecule has 0 aromatic heterocycles. The van der Waals surface area contributed by atoms with E-state index >= 15 is 0 Å². The molecule has 3 amide bonds. The largest absolute Gasteiger partial charge is 0.445 e. The van der Waals surface area contributed by atoms with E-state index in [1.165, 1.54) is 18.9 Å². The van der Waals surface area contributed by atoms with Gasteiger partial charge in [0, 0.05) is 19.1 Å². The van der Waals surface area contributed by atoms with Gasteiger partial charge in [-0.05, 0) is 18.6 Å². The Hall–Kier alpha value is -3.25. The number of amides is 3. The number of para-hydroxylation sites is 1. The number of halogens is 3. The second kappa shape index (κ2) is 10.3. The summed E-state index contributed by atoms with van der Waals surface area (Å²) in [6.45, 7) is 0.889. The minimum atomic E-state index is -1.96. The number of benzene rings is 2. The number of hydrogen-bond acceptors (Lipinski definition) is 8. The van der Waals surface area contributed by atoms with Gasteiger partial charge < -0.3 is 24.3 Å². The van der Waals surface area contributed by atoms with Crippen LogP contribution in [-0.2, 0) is 40.7 Å². The number of hydrogen-bond donors (Lipinski definition) is 1. The average Bonchev–Trinajstić information content (AvgIpc) is 3.46. The van der Waals surface area contributed by atoms with Crippen LogP contribution < -0.4 is 10.2 Å². The zero-order chi connectivity index (χ0) is 28.9. The molecule has 4 atom stereocenters. The first-order valence-corrected chi connectivity index (χ1v) is 13.3. The number of fused-ring (bicyclic) bond motifs is 5. The van der Waals surface area contributed by atoms with Crippen LogP contribution in [-0.4, -0.2) is 64.4 Å². The predicted octanol–water partition coefficient (Wildman–Crippen LogP) is 3.98. The molecule has 0 bridgehead atoms. The van der Waals surface area contributed by atoms with Gasteiger partial charge >= 0.3 is 18.2 Å². The SMILES string of the molecule is CO[C@@]12N(C(=O)[C@H](C)N1C(=O)OCc1ccccc1)c1ccccc1[C@@]21C[C@@H](NC(=O)OCC(Cl)(Cl)Cl)C(=O)O1. The summed E-state index contributed by atoms with van der Waals surface area (Å²) >= 11 is 16.9. The van der Waals surface area contributed by atoms with Crippen molar-refractivity contribution in [2.24, 2.45) is 0 Å². The highest BCUT2D eigenvalue weighted by atomic mass is 35.6. The van der Waals surface area contributed by atoms with Crippen molar-refractivity contribution in [1.29, 1.82) is 0 Å². The summed E-state index contributed by atoms with van der Waals surface area (Å²) in [4.78, 5) is 55.4. The maximum absolute atomic E-state index is 13.7. The van der Waals surface area contributed by atoms with Crippen molar-refractivity contribution >= 4 is 64.6 Å². The van der Waals surface area contributed by atoms with E-state index < -0.39 is 58.0 Å². The van der Waals surface area contributed by atoms with Crippen LogP contribution in [0.5, 0.6) is 0 Å². The van der Waals surface area contributed by atoms with Crippen molar-refractivity contribution < 1.29 is 38.1 Å². The molecule has 0 unspecified atom stereocenters. The van der Waals surface area contributed by atoms with E-state index in [9.17, 15) is 19.2 Å². The highest BCUT2D eigenvalue weighted by Crippen LogP contribution is 2.61. The van der Waals surface area contributed by atoms with Crippen molar-refractivity contribution in [3.05, 3.63) is 65.7 Å². The van der Waals surface area contributed by atoms with Crippen LogP contribution in [0.2, 0.25) is 0 Å². The molecule has 3 aliphatic heterocycles. The number of alkyl carbamates (subject to hydrolysis) is 1. The molecule has 11 nitrogen and oxygen atoms in total. The van der Waals surface area contributed by atoms with Crippen molar-refractivity contribution in [1.82, 2.24) is 10.2 Å². The van der Waals surface area contributed by atoms with Gasteiger partial charge in [-0.1, -0.05) is 83.3 Å². The lowest BCUT2D eigenvalue weighted by molar-refractivity contribution is -0.227. The molecular formula is C26H24Cl3N3O8. The molecule has 2 aromatic rings. The summed E-state index contributed by atoms with van der Waals surface area (Å²) in [6.07, 6.45) is -2.12. The summed E-state index contributed by atoms with van der Waals surface area (Å²) in [7, 11) is 1.30. The summed E-state index contributed by atoms with van der Waals surface area (Å²) in [5.74, 6) is -3.28. The third kappa shape index (κ3) is 4.41. The van der Waals surface area contributed by atoms with E-state index in [4.69, 9.17) is 53.8 Å². The van der Waals surface area contributed by atoms with E-state index in [2.05, 4.69) is 5.32 Å². The van der Waals surface area contributed by atoms with E-state index in [0.717, 1.165) is 10.5 Å². The Bertz CT molecular complexity index is 1360. The molecule has 2 saturated heterocycles. The van der Waals surface area contributed by atoms with E-state index in [-0.39, 0.29) is 13.0 Å². The fourth-order valence-electron chi connectivity index (χ4n) is 5.55. The third-order valence-electron chi connectivity index (χ3n) is 7.10. The predicted molar refractivity (Wildman–Crippen MR) is 143 cm³/mol. The average molecular weight is 613 g/mol. The van der Waals surface area contributed by atoms with Crippen LogP contribution in [0.15, 0.2) is 54.6 Å². The number of methoxy groups -OCH3 is 1. The third-order valence-corrected chi connectivity index (χ3v) is 7.42. The molecule has 40 heavy (non-hydrogen) atoms. The zero-order valence-electron chi connectivity index (χ0n) is 21.3. The Labute approximate surface area is 244 Å². The molecule has 212 valence electrons. The standard InChI is InChI=1S/C26H24Cl3N3O8/c1-15-20(33)32-19-11-7-6-10-17(19)24(12-18(21(34)40-24)30-22(35)39-14-25(27,28)29)26(32,37-2)31(15)23(36)38-13-16-8-4-3-5-9-16/h3-11,15,18H,12-14H2,1-2H3,(H,30,35)/t15-,18+,24-,26+/m0/s1. The lowest BCUT2D eigenvalue weighted by Crippen LogP contribution is -2.67. The Balaban J connectivity index is 1.52. The van der Waals surface area contributed by atoms with E-state index in [1.807, 2.05) is 6.07 Å². The summed E-state index contributed by atoms with van der Waals surface area (Å²) in [5, 5.41) is 2.41. The Morgan fingerprint density at radius 2 is 1.75 bits per heavy atom. The van der Waals surface area contributed by atoms with Gasteiger partial charge in [-0.15, -0.1) is 0 Å². The lowest BCUT2D eigenvalue weighted by atomic mass is 9.86. The van der Waals surface area contributed by atoms with Gasteiger partial charge in [0.15, 0.2) is 0 Å². The second-order valence-electron chi connectivity index (χ2n) is 9.43. The quantitative estimate of drug-likeness (QED) is 0.306.